The summed E-state index contributed by atoms with van der Waals surface area (Å²) in [6.07, 6.45) is 6.09. The summed E-state index contributed by atoms with van der Waals surface area (Å²) < 4.78 is 11.4. The number of ether oxygens (including phenoxy) is 2. The van der Waals surface area contributed by atoms with E-state index in [1.54, 1.807) is 25.6 Å². The van der Waals surface area contributed by atoms with Crippen molar-refractivity contribution < 1.29 is 14.6 Å². The molecular formula is C23H35N5O3. The van der Waals surface area contributed by atoms with Crippen molar-refractivity contribution in [3.8, 4) is 11.5 Å². The third-order valence-electron chi connectivity index (χ3n) is 5.41. The lowest BCUT2D eigenvalue weighted by Crippen LogP contribution is -2.53. The van der Waals surface area contributed by atoms with Gasteiger partial charge in [-0.3, -0.25) is 0 Å². The molecule has 0 amide bonds. The summed E-state index contributed by atoms with van der Waals surface area (Å²) >= 11 is 0. The lowest BCUT2D eigenvalue weighted by molar-refractivity contribution is 0.0256. The van der Waals surface area contributed by atoms with Crippen LogP contribution in [-0.4, -0.2) is 79.6 Å². The van der Waals surface area contributed by atoms with E-state index in [-0.39, 0.29) is 0 Å². The molecule has 1 saturated heterocycles. The normalized spacial score (nSPS) is 18.9. The van der Waals surface area contributed by atoms with Crippen molar-refractivity contribution in [1.82, 2.24) is 20.2 Å². The number of aliphatic hydroxyl groups is 1. The fourth-order valence-corrected chi connectivity index (χ4v) is 3.83. The molecule has 0 spiro atoms. The van der Waals surface area contributed by atoms with Crippen LogP contribution in [0.2, 0.25) is 0 Å². The SMILES string of the molecule is COc1cc(CNC[C@@]2(O)CCCN(c3ncccn3)C2)ccc1OCCCN(C)C. The Balaban J connectivity index is 1.50. The highest BCUT2D eigenvalue weighted by molar-refractivity contribution is 5.43. The smallest absolute Gasteiger partial charge is 0.225 e. The number of nitrogens with zero attached hydrogens (tertiary/aromatic N) is 4. The number of β-amino-alcohol motifs (C(OH)–C–C–N with tert-alkyl or cyclic N) is 1. The third kappa shape index (κ3) is 7.05. The molecule has 1 aliphatic rings. The van der Waals surface area contributed by atoms with Crippen molar-refractivity contribution in [3.63, 3.8) is 0 Å². The minimum atomic E-state index is -0.809. The number of piperidine rings is 1. The summed E-state index contributed by atoms with van der Waals surface area (Å²) in [7, 11) is 5.77. The van der Waals surface area contributed by atoms with Gasteiger partial charge in [0.05, 0.1) is 25.9 Å². The number of methoxy groups -OCH3 is 1. The molecule has 170 valence electrons. The first-order valence-electron chi connectivity index (χ1n) is 10.9. The Morgan fingerprint density at radius 3 is 2.77 bits per heavy atom. The van der Waals surface area contributed by atoms with Gasteiger partial charge in [0.15, 0.2) is 11.5 Å². The van der Waals surface area contributed by atoms with Crippen molar-refractivity contribution in [2.45, 2.75) is 31.4 Å². The van der Waals surface area contributed by atoms with Gasteiger partial charge in [-0.25, -0.2) is 9.97 Å². The van der Waals surface area contributed by atoms with Gasteiger partial charge < -0.3 is 29.7 Å². The monoisotopic (exact) mass is 429 g/mol. The van der Waals surface area contributed by atoms with Crippen LogP contribution in [0.4, 0.5) is 5.95 Å². The minimum Gasteiger partial charge on any atom is -0.493 e. The first kappa shape index (κ1) is 23.2. The number of hydrogen-bond donors (Lipinski definition) is 2. The van der Waals surface area contributed by atoms with Gasteiger partial charge in [0.1, 0.15) is 0 Å². The predicted molar refractivity (Wildman–Crippen MR) is 122 cm³/mol. The molecular weight excluding hydrogens is 394 g/mol. The van der Waals surface area contributed by atoms with Crippen LogP contribution in [0.5, 0.6) is 11.5 Å². The summed E-state index contributed by atoms with van der Waals surface area (Å²) in [5.41, 5.74) is 0.275. The average molecular weight is 430 g/mol. The van der Waals surface area contributed by atoms with Gasteiger partial charge in [0, 0.05) is 38.6 Å². The number of hydrogen-bond acceptors (Lipinski definition) is 8. The zero-order valence-electron chi connectivity index (χ0n) is 18.9. The molecule has 0 radical (unpaired) electrons. The van der Waals surface area contributed by atoms with Crippen molar-refractivity contribution in [3.05, 3.63) is 42.2 Å². The standard InChI is InChI=1S/C23H35N5O3/c1-27(2)12-6-14-31-20-8-7-19(15-21(20)30-3)16-24-17-23(29)9-4-13-28(18-23)22-25-10-5-11-26-22/h5,7-8,10-11,15,24,29H,4,6,9,12-14,16-18H2,1-3H3/t23-/m0/s1. The Morgan fingerprint density at radius 1 is 1.23 bits per heavy atom. The largest absolute Gasteiger partial charge is 0.493 e. The maximum Gasteiger partial charge on any atom is 0.225 e. The van der Waals surface area contributed by atoms with Crippen molar-refractivity contribution in [1.29, 1.82) is 0 Å². The van der Waals surface area contributed by atoms with Gasteiger partial charge in [-0.1, -0.05) is 6.07 Å². The molecule has 0 aliphatic carbocycles. The highest BCUT2D eigenvalue weighted by Gasteiger charge is 2.33. The van der Waals surface area contributed by atoms with Crippen molar-refractivity contribution >= 4 is 5.95 Å². The van der Waals surface area contributed by atoms with Crippen LogP contribution in [0, 0.1) is 0 Å². The maximum absolute atomic E-state index is 11.1. The first-order chi connectivity index (χ1) is 15.0. The molecule has 1 aliphatic heterocycles. The second kappa shape index (κ2) is 11.3. The molecule has 8 heteroatoms. The number of aromatic nitrogens is 2. The predicted octanol–water partition coefficient (Wildman–Crippen LogP) is 1.94. The Bertz CT molecular complexity index is 805. The van der Waals surface area contributed by atoms with E-state index in [2.05, 4.69) is 39.2 Å². The van der Waals surface area contributed by atoms with E-state index in [4.69, 9.17) is 9.47 Å². The van der Waals surface area contributed by atoms with Crippen LogP contribution in [0.3, 0.4) is 0 Å². The van der Waals surface area contributed by atoms with Gasteiger partial charge in [-0.15, -0.1) is 0 Å². The van der Waals surface area contributed by atoms with E-state index in [9.17, 15) is 5.11 Å². The van der Waals surface area contributed by atoms with E-state index < -0.39 is 5.60 Å². The second-order valence-corrected chi connectivity index (χ2v) is 8.39. The quantitative estimate of drug-likeness (QED) is 0.525. The van der Waals surface area contributed by atoms with E-state index in [0.29, 0.717) is 32.2 Å². The molecule has 0 unspecified atom stereocenters. The number of nitrogens with one attached hydrogen (secondary N) is 1. The lowest BCUT2D eigenvalue weighted by Gasteiger charge is -2.39. The molecule has 2 heterocycles. The average Bonchev–Trinajstić information content (AvgIpc) is 2.77. The highest BCUT2D eigenvalue weighted by atomic mass is 16.5. The van der Waals surface area contributed by atoms with E-state index >= 15 is 0 Å². The molecule has 3 rings (SSSR count). The summed E-state index contributed by atoms with van der Waals surface area (Å²) in [6.45, 7) is 4.16. The Kier molecular flexibility index (Phi) is 8.45. The lowest BCUT2D eigenvalue weighted by atomic mass is 9.93. The van der Waals surface area contributed by atoms with Gasteiger partial charge in [-0.05, 0) is 57.1 Å². The van der Waals surface area contributed by atoms with Crippen LogP contribution < -0.4 is 19.7 Å². The number of anilines is 1. The molecule has 0 saturated carbocycles. The molecule has 1 atom stereocenters. The molecule has 1 aromatic heterocycles. The Labute approximate surface area is 185 Å². The maximum atomic E-state index is 11.1. The zero-order valence-corrected chi connectivity index (χ0v) is 18.9. The van der Waals surface area contributed by atoms with Gasteiger partial charge >= 0.3 is 0 Å². The highest BCUT2D eigenvalue weighted by Crippen LogP contribution is 2.28. The summed E-state index contributed by atoms with van der Waals surface area (Å²) in [4.78, 5) is 12.8. The summed E-state index contributed by atoms with van der Waals surface area (Å²) in [5, 5.41) is 14.5. The Hall–Kier alpha value is -2.42. The first-order valence-corrected chi connectivity index (χ1v) is 10.9. The number of rotatable bonds is 11. The van der Waals surface area contributed by atoms with E-state index in [1.165, 1.54) is 0 Å². The molecule has 2 N–H and O–H groups in total. The number of benzene rings is 1. The molecule has 2 aromatic rings. The van der Waals surface area contributed by atoms with Crippen molar-refractivity contribution in [2.24, 2.45) is 0 Å². The fourth-order valence-electron chi connectivity index (χ4n) is 3.83. The third-order valence-corrected chi connectivity index (χ3v) is 5.41. The van der Waals surface area contributed by atoms with Gasteiger partial charge in [-0.2, -0.15) is 0 Å². The molecule has 1 aromatic carbocycles. The Morgan fingerprint density at radius 2 is 2.03 bits per heavy atom. The zero-order chi connectivity index (χ0) is 22.1. The summed E-state index contributed by atoms with van der Waals surface area (Å²) in [5.74, 6) is 2.16. The molecule has 31 heavy (non-hydrogen) atoms. The fraction of sp³-hybridized carbons (Fsp3) is 0.565. The summed E-state index contributed by atoms with van der Waals surface area (Å²) in [6, 6.07) is 7.78. The minimum absolute atomic E-state index is 0.501. The van der Waals surface area contributed by atoms with Crippen LogP contribution in [0.25, 0.3) is 0 Å². The molecule has 0 bridgehead atoms. The van der Waals surface area contributed by atoms with Crippen LogP contribution in [0.15, 0.2) is 36.7 Å². The molecule has 8 nitrogen and oxygen atoms in total. The topological polar surface area (TPSA) is 83.0 Å². The van der Waals surface area contributed by atoms with E-state index in [1.807, 2.05) is 18.2 Å². The van der Waals surface area contributed by atoms with E-state index in [0.717, 1.165) is 49.4 Å². The van der Waals surface area contributed by atoms with Crippen LogP contribution in [0.1, 0.15) is 24.8 Å². The van der Waals surface area contributed by atoms with Gasteiger partial charge in [0.2, 0.25) is 5.95 Å². The molecule has 1 fully saturated rings. The van der Waals surface area contributed by atoms with Gasteiger partial charge in [0.25, 0.3) is 0 Å². The van der Waals surface area contributed by atoms with Crippen LogP contribution >= 0.6 is 0 Å². The second-order valence-electron chi connectivity index (χ2n) is 8.39. The van der Waals surface area contributed by atoms with Crippen LogP contribution in [-0.2, 0) is 6.54 Å². The van der Waals surface area contributed by atoms with Crippen molar-refractivity contribution in [2.75, 3.05) is 58.9 Å².